The summed E-state index contributed by atoms with van der Waals surface area (Å²) in [7, 11) is 0. The van der Waals surface area contributed by atoms with E-state index >= 15 is 24.0 Å². The molecule has 41 nitrogen and oxygen atoms in total. The smallest absolute Gasteiger partial charge is 0.373 e. The Morgan fingerprint density at radius 2 is 1.09 bits per heavy atom. The number of carbonyl (C=O) groups excluding carboxylic acids is 11. The zero-order chi connectivity index (χ0) is 91.6. The highest BCUT2D eigenvalue weighted by Gasteiger charge is 2.52. The van der Waals surface area contributed by atoms with Crippen LogP contribution in [0.1, 0.15) is 102 Å². The molecule has 0 radical (unpaired) electrons. The molecule has 17 bridgehead atoms. The van der Waals surface area contributed by atoms with E-state index in [9.17, 15) is 90.7 Å². The van der Waals surface area contributed by atoms with Crippen LogP contribution >= 0.6 is 23.2 Å². The molecule has 127 heavy (non-hydrogen) atoms. The van der Waals surface area contributed by atoms with E-state index in [1.165, 1.54) is 42.5 Å². The molecule has 0 aromatic heterocycles. The van der Waals surface area contributed by atoms with E-state index in [0.717, 1.165) is 86.6 Å². The van der Waals surface area contributed by atoms with Gasteiger partial charge in [0.25, 0.3) is 0 Å². The van der Waals surface area contributed by atoms with E-state index in [4.69, 9.17) is 81.2 Å². The van der Waals surface area contributed by atoms with Crippen LogP contribution < -0.4 is 61.3 Å². The van der Waals surface area contributed by atoms with Gasteiger partial charge in [-0.25, -0.2) is 0 Å². The quantitative estimate of drug-likeness (QED) is 0.0651. The first-order chi connectivity index (χ1) is 60.5. The Morgan fingerprint density at radius 1 is 0.520 bits per heavy atom. The molecule has 7 aromatic rings. The highest BCUT2D eigenvalue weighted by molar-refractivity contribution is 6.32. The molecule has 674 valence electrons. The Labute approximate surface area is 727 Å². The largest absolute Gasteiger partial charge is 0.508 e. The standard InChI is InChI=1S/C83H85Cl2N7O32.CO2/c1-30(96)11-61(104)90-66-72(109)69(106)59(28-94)121-82(66)124-76-56-20-37-21-57(76)118-53-10-6-35(18-46(53)85)75(123-81-65(88-31(2)97)71(108)68(105)58(27-93)120-81)67-80(115)87-26-38-15-40(99)23-55(119-83-74(111)73(110)70(107)60(29-95)122-83)62(38)44-17-33(4-7-48(44)100)42(77(112)92-67)25-51(103)64(37)91-78(113)43-24-50(102)47(13-32-3-9-52(117-56)45(84)12-32)89-79(114)63(86)34-5-8-49(101)54(19-34)116-41-16-36(43)14-39(98)22-41;2-1-3/h3-10,12,14-23,42-43,47,58-60,63-75,81-83,93-95,98-101,105-111H,11,13,24-29,86H2,1-2H3,(H,87,115)(H,88,97)(H,89,114)(H,90,104)(H,91,113)(H,92,112);/t42-,43+,47-,58?,59?,60?,63-,64-,65?,66?,67+,68-,69-,70-,71-,72-,73?,74-,75-,81+,82+,83+;/m1./s1. The lowest BCUT2D eigenvalue weighted by Crippen LogP contribution is -2.65. The number of Topliss-reactive ketones (excluding diaryl/α,β-unsaturated/α-hetero) is 3. The lowest BCUT2D eigenvalue weighted by molar-refractivity contribution is -0.284. The Bertz CT molecular complexity index is 5470. The van der Waals surface area contributed by atoms with Gasteiger partial charge in [0.05, 0.1) is 54.2 Å². The lowest BCUT2D eigenvalue weighted by atomic mass is 9.85. The maximum atomic E-state index is 17.0. The topological polar surface area (TPSA) is 652 Å². The van der Waals surface area contributed by atoms with Crippen LogP contribution in [0.25, 0.3) is 11.1 Å². The fraction of sp³-hybridized carbons (Fsp3) is 0.381. The third kappa shape index (κ3) is 20.0. The van der Waals surface area contributed by atoms with Crippen molar-refractivity contribution in [3.05, 3.63) is 164 Å². The van der Waals surface area contributed by atoms with Crippen molar-refractivity contribution in [2.45, 2.75) is 180 Å². The van der Waals surface area contributed by atoms with Crippen LogP contribution in [0.5, 0.6) is 69.0 Å². The number of aliphatic hydroxyl groups excluding tert-OH is 10. The zero-order valence-electron chi connectivity index (χ0n) is 66.6. The molecule has 9 aliphatic heterocycles. The molecule has 6 unspecified atom stereocenters. The second-order valence-electron chi connectivity index (χ2n) is 30.9. The molecule has 22 atom stereocenters. The van der Waals surface area contributed by atoms with Gasteiger partial charge >= 0.3 is 6.15 Å². The van der Waals surface area contributed by atoms with Gasteiger partial charge in [-0.15, -0.1) is 0 Å². The van der Waals surface area contributed by atoms with Gasteiger partial charge in [-0.3, -0.25) is 43.2 Å². The number of nitrogens with two attached hydrogens (primary N) is 1. The number of hydrogen-bond acceptors (Lipinski definition) is 35. The normalized spacial score (nSPS) is 28.8. The van der Waals surface area contributed by atoms with Gasteiger partial charge < -0.3 is 152 Å². The minimum Gasteiger partial charge on any atom is -0.508 e. The number of phenolic OH excluding ortho intramolecular Hbond substituents is 4. The van der Waals surface area contributed by atoms with E-state index in [1.807, 2.05) is 0 Å². The van der Waals surface area contributed by atoms with Crippen LogP contribution in [0.15, 0.2) is 115 Å². The second kappa shape index (κ2) is 39.0. The first-order valence-electron chi connectivity index (χ1n) is 39.2. The van der Waals surface area contributed by atoms with Gasteiger partial charge in [0, 0.05) is 49.6 Å². The van der Waals surface area contributed by atoms with Crippen molar-refractivity contribution >= 4 is 82.1 Å². The van der Waals surface area contributed by atoms with Crippen molar-refractivity contribution in [1.82, 2.24) is 31.9 Å². The third-order valence-electron chi connectivity index (χ3n) is 22.1. The first-order valence-corrected chi connectivity index (χ1v) is 40.0. The summed E-state index contributed by atoms with van der Waals surface area (Å²) in [6.45, 7) is -1.69. The first kappa shape index (κ1) is 92.6. The van der Waals surface area contributed by atoms with Crippen molar-refractivity contribution < 1.29 is 167 Å². The van der Waals surface area contributed by atoms with E-state index < -0.39 is 301 Å². The summed E-state index contributed by atoms with van der Waals surface area (Å²) in [6.07, 6.45) is -30.8. The van der Waals surface area contributed by atoms with Crippen LogP contribution in [-0.4, -0.2) is 254 Å². The summed E-state index contributed by atoms with van der Waals surface area (Å²) in [5.41, 5.74) is 4.76. The number of rotatable bonds is 13. The van der Waals surface area contributed by atoms with E-state index in [-0.39, 0.29) is 72.9 Å². The van der Waals surface area contributed by atoms with E-state index in [2.05, 4.69) is 31.9 Å². The number of fused-ring (bicyclic) bond motifs is 14. The van der Waals surface area contributed by atoms with Gasteiger partial charge in [0.15, 0.2) is 40.9 Å². The average molecular weight is 1810 g/mol. The van der Waals surface area contributed by atoms with Crippen LogP contribution in [-0.2, 0) is 84.7 Å². The lowest BCUT2D eigenvalue weighted by Gasteiger charge is -2.44. The molecule has 22 N–H and O–H groups in total. The van der Waals surface area contributed by atoms with Gasteiger partial charge in [0.1, 0.15) is 143 Å². The molecule has 0 spiro atoms. The van der Waals surface area contributed by atoms with Gasteiger partial charge in [-0.2, -0.15) is 9.59 Å². The SMILES string of the molecule is CC(=O)CC(=O)NC1[C@H](Oc2c3cc4cc2Oc2ccc(cc2Cl)[C@@H](O[C@@H]2OC(CO)[C@@H](O)[C@H](O)C2NC(C)=O)[C@@H]2NC(=O)[C@H](CC(=O)[C@@H]4NC(=O)[C@H]4CC(=O)[C@@H](Cc5ccc(c(Cl)c5)O3)NC(=O)[C@H](N)c3ccc(O)c(c3)Oc3cc(O)cc4c3)c3ccc(O)c(c3)-c3c(cc(O)cc3O[C@H]3OC(CO)[C@@H](O)C(O)[C@H]3O)CNC2=O)OC(CO)[C@@H](O)[C@@H]1O.O=C=O. The molecular weight excluding hydrogens is 1720 g/mol. The van der Waals surface area contributed by atoms with Gasteiger partial charge in [0.2, 0.25) is 53.8 Å². The van der Waals surface area contributed by atoms with Crippen LogP contribution in [0.4, 0.5) is 0 Å². The molecule has 3 saturated heterocycles. The number of ketones is 3. The minimum atomic E-state index is -2.33. The van der Waals surface area contributed by atoms with Crippen LogP contribution in [0, 0.1) is 0 Å². The Morgan fingerprint density at radius 3 is 1.72 bits per heavy atom. The number of nitrogens with one attached hydrogen (secondary N) is 6. The number of phenols is 4. The molecule has 9 aliphatic rings. The molecule has 3 fully saturated rings. The monoisotopic (exact) mass is 1810 g/mol. The highest BCUT2D eigenvalue weighted by atomic mass is 35.5. The predicted octanol–water partition coefficient (Wildman–Crippen LogP) is -0.436. The fourth-order valence-electron chi connectivity index (χ4n) is 15.7. The van der Waals surface area contributed by atoms with Crippen molar-refractivity contribution in [2.24, 2.45) is 5.73 Å². The number of benzene rings is 7. The van der Waals surface area contributed by atoms with Crippen molar-refractivity contribution in [3.63, 3.8) is 0 Å². The summed E-state index contributed by atoms with van der Waals surface area (Å²) >= 11 is 14.6. The molecule has 7 aromatic carbocycles. The molecule has 43 heteroatoms. The van der Waals surface area contributed by atoms with Crippen LogP contribution in [0.2, 0.25) is 10.0 Å². The summed E-state index contributed by atoms with van der Waals surface area (Å²) in [6, 6.07) is 10.4. The molecule has 16 rings (SSSR count). The minimum absolute atomic E-state index is 0.0585. The van der Waals surface area contributed by atoms with Gasteiger partial charge in [-0.1, -0.05) is 47.5 Å². The number of hydrogen-bond donors (Lipinski definition) is 21. The molecule has 6 amide bonds. The fourth-order valence-corrected chi connectivity index (χ4v) is 16.2. The summed E-state index contributed by atoms with van der Waals surface area (Å²) in [4.78, 5) is 152. The number of halogens is 2. The Hall–Kier alpha value is -12.1. The van der Waals surface area contributed by atoms with E-state index in [0.29, 0.717) is 0 Å². The number of aromatic hydroxyl groups is 4. The van der Waals surface area contributed by atoms with Gasteiger partial charge in [-0.05, 0) is 131 Å². The number of aliphatic hydroxyl groups is 10. The van der Waals surface area contributed by atoms with Crippen molar-refractivity contribution in [3.8, 4) is 80.1 Å². The van der Waals surface area contributed by atoms with Crippen LogP contribution in [0.3, 0.4) is 0 Å². The molecule has 0 saturated carbocycles. The summed E-state index contributed by atoms with van der Waals surface area (Å²) in [5, 5.41) is 173. The van der Waals surface area contributed by atoms with E-state index in [1.54, 1.807) is 0 Å². The zero-order valence-corrected chi connectivity index (χ0v) is 68.1. The average Bonchev–Trinajstić information content (AvgIpc) is 0.765. The Balaban J connectivity index is 0.00000454. The summed E-state index contributed by atoms with van der Waals surface area (Å²) in [5.74, 6) is -20.0. The maximum absolute atomic E-state index is 17.0. The molecule has 0 aliphatic carbocycles. The Kier molecular flexibility index (Phi) is 28.5. The molecular formula is C84H85Cl2N7O34. The number of carbonyl (C=O) groups is 9. The number of ether oxygens (including phenoxy) is 9. The highest BCUT2D eigenvalue weighted by Crippen LogP contribution is 2.51. The van der Waals surface area contributed by atoms with Crippen molar-refractivity contribution in [1.29, 1.82) is 0 Å². The summed E-state index contributed by atoms with van der Waals surface area (Å²) < 4.78 is 57.3. The third-order valence-corrected chi connectivity index (χ3v) is 22.7. The predicted molar refractivity (Wildman–Crippen MR) is 427 cm³/mol. The van der Waals surface area contributed by atoms with Crippen molar-refractivity contribution in [2.75, 3.05) is 19.8 Å². The molecule has 9 heterocycles. The maximum Gasteiger partial charge on any atom is 0.373 e. The number of amides is 6. The second-order valence-corrected chi connectivity index (χ2v) is 31.7.